The lowest BCUT2D eigenvalue weighted by Crippen LogP contribution is -2.19. The SMILES string of the molecule is Cc1ccccc1NC(=O)Nc1ccc2nc(NS(=O)(=O)c3ccccc3)sc2c1. The summed E-state index contributed by atoms with van der Waals surface area (Å²) in [6, 6.07) is 20.4. The largest absolute Gasteiger partial charge is 0.323 e. The molecule has 0 fully saturated rings. The van der Waals surface area contributed by atoms with Crippen LogP contribution in [0.2, 0.25) is 0 Å². The minimum Gasteiger partial charge on any atom is -0.308 e. The lowest BCUT2D eigenvalue weighted by molar-refractivity contribution is 0.262. The van der Waals surface area contributed by atoms with Gasteiger partial charge < -0.3 is 10.6 Å². The number of para-hydroxylation sites is 1. The molecular formula is C21H18N4O3S2. The molecule has 0 atom stereocenters. The molecule has 4 aromatic rings. The quantitative estimate of drug-likeness (QED) is 0.406. The number of aryl methyl sites for hydroxylation is 1. The fraction of sp³-hybridized carbons (Fsp3) is 0.0476. The zero-order valence-corrected chi connectivity index (χ0v) is 17.5. The summed E-state index contributed by atoms with van der Waals surface area (Å²) in [5, 5.41) is 5.85. The highest BCUT2D eigenvalue weighted by Gasteiger charge is 2.16. The normalized spacial score (nSPS) is 11.2. The molecule has 2 amide bonds. The van der Waals surface area contributed by atoms with Crippen molar-refractivity contribution in [3.8, 4) is 0 Å². The van der Waals surface area contributed by atoms with Crippen LogP contribution in [-0.4, -0.2) is 19.4 Å². The zero-order valence-electron chi connectivity index (χ0n) is 15.9. The van der Waals surface area contributed by atoms with Gasteiger partial charge in [-0.3, -0.25) is 4.72 Å². The molecule has 3 aromatic carbocycles. The van der Waals surface area contributed by atoms with Gasteiger partial charge in [0.15, 0.2) is 5.13 Å². The number of anilines is 3. The van der Waals surface area contributed by atoms with Crippen molar-refractivity contribution in [1.29, 1.82) is 0 Å². The van der Waals surface area contributed by atoms with E-state index in [2.05, 4.69) is 20.3 Å². The molecule has 0 unspecified atom stereocenters. The Morgan fingerprint density at radius 3 is 2.43 bits per heavy atom. The molecular weight excluding hydrogens is 420 g/mol. The number of hydrogen-bond donors (Lipinski definition) is 3. The number of carbonyl (C=O) groups excluding carboxylic acids is 1. The number of aromatic nitrogens is 1. The maximum atomic E-state index is 12.5. The van der Waals surface area contributed by atoms with Crippen LogP contribution in [-0.2, 0) is 10.0 Å². The van der Waals surface area contributed by atoms with E-state index in [0.717, 1.165) is 16.0 Å². The Bertz CT molecular complexity index is 1320. The van der Waals surface area contributed by atoms with E-state index in [9.17, 15) is 13.2 Å². The fourth-order valence-electron chi connectivity index (χ4n) is 2.82. The molecule has 1 heterocycles. The Morgan fingerprint density at radius 1 is 0.933 bits per heavy atom. The predicted octanol–water partition coefficient (Wildman–Crippen LogP) is 5.05. The predicted molar refractivity (Wildman–Crippen MR) is 121 cm³/mol. The molecule has 0 bridgehead atoms. The highest BCUT2D eigenvalue weighted by molar-refractivity contribution is 7.93. The van der Waals surface area contributed by atoms with Gasteiger partial charge in [-0.1, -0.05) is 47.7 Å². The van der Waals surface area contributed by atoms with Crippen LogP contribution < -0.4 is 15.4 Å². The number of benzene rings is 3. The van der Waals surface area contributed by atoms with E-state index in [1.54, 1.807) is 36.4 Å². The first-order chi connectivity index (χ1) is 14.4. The molecule has 9 heteroatoms. The van der Waals surface area contributed by atoms with Crippen molar-refractivity contribution in [3.05, 3.63) is 78.4 Å². The lowest BCUT2D eigenvalue weighted by atomic mass is 10.2. The van der Waals surface area contributed by atoms with Crippen molar-refractivity contribution >= 4 is 54.1 Å². The molecule has 3 N–H and O–H groups in total. The third-order valence-corrected chi connectivity index (χ3v) is 6.73. The average molecular weight is 439 g/mol. The summed E-state index contributed by atoms with van der Waals surface area (Å²) in [5.74, 6) is 0. The van der Waals surface area contributed by atoms with Crippen molar-refractivity contribution in [1.82, 2.24) is 4.98 Å². The number of urea groups is 1. The minimum atomic E-state index is -3.71. The van der Waals surface area contributed by atoms with Gasteiger partial charge in [0, 0.05) is 11.4 Å². The van der Waals surface area contributed by atoms with Gasteiger partial charge in [0.2, 0.25) is 0 Å². The Balaban J connectivity index is 1.50. The molecule has 0 saturated heterocycles. The standard InChI is InChI=1S/C21H18N4O3S2/c1-14-7-5-6-10-17(14)23-20(26)22-15-11-12-18-19(13-15)29-21(24-18)25-30(27,28)16-8-3-2-4-9-16/h2-13H,1H3,(H,24,25)(H2,22,23,26). The highest BCUT2D eigenvalue weighted by Crippen LogP contribution is 2.30. The third-order valence-electron chi connectivity index (χ3n) is 4.31. The second kappa shape index (κ2) is 8.13. The first-order valence-electron chi connectivity index (χ1n) is 9.03. The van der Waals surface area contributed by atoms with Crippen molar-refractivity contribution in [2.45, 2.75) is 11.8 Å². The third kappa shape index (κ3) is 4.42. The molecule has 152 valence electrons. The van der Waals surface area contributed by atoms with Gasteiger partial charge in [0.25, 0.3) is 10.0 Å². The topological polar surface area (TPSA) is 100 Å². The molecule has 4 rings (SSSR count). The lowest BCUT2D eigenvalue weighted by Gasteiger charge is -2.09. The van der Waals surface area contributed by atoms with E-state index in [4.69, 9.17) is 0 Å². The molecule has 30 heavy (non-hydrogen) atoms. The summed E-state index contributed by atoms with van der Waals surface area (Å²) in [4.78, 5) is 16.8. The van der Waals surface area contributed by atoms with Gasteiger partial charge in [0.1, 0.15) is 0 Å². The van der Waals surface area contributed by atoms with Crippen LogP contribution in [0.5, 0.6) is 0 Å². The van der Waals surface area contributed by atoms with Crippen LogP contribution >= 0.6 is 11.3 Å². The van der Waals surface area contributed by atoms with Crippen LogP contribution in [0.25, 0.3) is 10.2 Å². The van der Waals surface area contributed by atoms with E-state index < -0.39 is 10.0 Å². The molecule has 0 aliphatic rings. The zero-order chi connectivity index (χ0) is 21.1. The maximum Gasteiger partial charge on any atom is 0.323 e. The summed E-state index contributed by atoms with van der Waals surface area (Å²) in [7, 11) is -3.71. The van der Waals surface area contributed by atoms with E-state index in [0.29, 0.717) is 11.2 Å². The van der Waals surface area contributed by atoms with Crippen LogP contribution in [0.4, 0.5) is 21.3 Å². The van der Waals surface area contributed by atoms with Gasteiger partial charge >= 0.3 is 6.03 Å². The average Bonchev–Trinajstić information content (AvgIpc) is 3.11. The molecule has 0 aliphatic heterocycles. The number of thiazole rings is 1. The van der Waals surface area contributed by atoms with Crippen LogP contribution in [0.1, 0.15) is 5.56 Å². The number of fused-ring (bicyclic) bond motifs is 1. The summed E-state index contributed by atoms with van der Waals surface area (Å²) in [5.41, 5.74) is 2.90. The molecule has 1 aromatic heterocycles. The van der Waals surface area contributed by atoms with Gasteiger partial charge in [-0.15, -0.1) is 0 Å². The summed E-state index contributed by atoms with van der Waals surface area (Å²) >= 11 is 1.19. The van der Waals surface area contributed by atoms with Gasteiger partial charge in [-0.05, 0) is 48.9 Å². The highest BCUT2D eigenvalue weighted by atomic mass is 32.2. The maximum absolute atomic E-state index is 12.5. The van der Waals surface area contributed by atoms with E-state index >= 15 is 0 Å². The van der Waals surface area contributed by atoms with E-state index in [1.807, 2.05) is 31.2 Å². The number of hydrogen-bond acceptors (Lipinski definition) is 5. The number of sulfonamides is 1. The van der Waals surface area contributed by atoms with Gasteiger partial charge in [0.05, 0.1) is 15.1 Å². The monoisotopic (exact) mass is 438 g/mol. The number of carbonyl (C=O) groups is 1. The number of nitrogens with zero attached hydrogens (tertiary/aromatic N) is 1. The van der Waals surface area contributed by atoms with Crippen molar-refractivity contribution < 1.29 is 13.2 Å². The van der Waals surface area contributed by atoms with Crippen LogP contribution in [0.15, 0.2) is 77.7 Å². The Kier molecular flexibility index (Phi) is 5.39. The van der Waals surface area contributed by atoms with Gasteiger partial charge in [-0.2, -0.15) is 0 Å². The Morgan fingerprint density at radius 2 is 1.67 bits per heavy atom. The summed E-state index contributed by atoms with van der Waals surface area (Å²) in [6.07, 6.45) is 0. The molecule has 0 radical (unpaired) electrons. The molecule has 7 nitrogen and oxygen atoms in total. The van der Waals surface area contributed by atoms with Crippen LogP contribution in [0, 0.1) is 6.92 Å². The Hall–Kier alpha value is -3.43. The number of amides is 2. The van der Waals surface area contributed by atoms with E-state index in [1.165, 1.54) is 23.5 Å². The van der Waals surface area contributed by atoms with Crippen molar-refractivity contribution in [3.63, 3.8) is 0 Å². The number of nitrogens with one attached hydrogen (secondary N) is 3. The summed E-state index contributed by atoms with van der Waals surface area (Å²) < 4.78 is 28.2. The first-order valence-corrected chi connectivity index (χ1v) is 11.3. The van der Waals surface area contributed by atoms with E-state index in [-0.39, 0.29) is 16.1 Å². The minimum absolute atomic E-state index is 0.166. The second-order valence-corrected chi connectivity index (χ2v) is 9.23. The molecule has 0 aliphatic carbocycles. The summed E-state index contributed by atoms with van der Waals surface area (Å²) in [6.45, 7) is 1.91. The van der Waals surface area contributed by atoms with Crippen LogP contribution in [0.3, 0.4) is 0 Å². The molecule has 0 spiro atoms. The van der Waals surface area contributed by atoms with Crippen molar-refractivity contribution in [2.75, 3.05) is 15.4 Å². The fourth-order valence-corrected chi connectivity index (χ4v) is 4.98. The Labute approximate surface area is 177 Å². The number of rotatable bonds is 5. The van der Waals surface area contributed by atoms with Crippen molar-refractivity contribution in [2.24, 2.45) is 0 Å². The second-order valence-electron chi connectivity index (χ2n) is 6.51. The van der Waals surface area contributed by atoms with Gasteiger partial charge in [-0.25, -0.2) is 18.2 Å². The molecule has 0 saturated carbocycles. The first kappa shape index (κ1) is 19.9. The smallest absolute Gasteiger partial charge is 0.308 e.